The summed E-state index contributed by atoms with van der Waals surface area (Å²) in [4.78, 5) is 51.5. The van der Waals surface area contributed by atoms with Gasteiger partial charge in [-0.25, -0.2) is 14.4 Å². The van der Waals surface area contributed by atoms with Crippen LogP contribution in [0.1, 0.15) is 38.8 Å². The third-order valence-electron chi connectivity index (χ3n) is 4.69. The van der Waals surface area contributed by atoms with Crippen molar-refractivity contribution >= 4 is 24.1 Å². The number of benzene rings is 2. The molecule has 0 heterocycles. The SMILES string of the molecule is CCOC(=O)[C@@H](CN(CC(=O)OCc1ccccc1)C(=O)OC(C)(C)C)NC(=O)OCc1ccccc1. The number of ether oxygens (including phenoxy) is 4. The lowest BCUT2D eigenvalue weighted by Crippen LogP contribution is -2.52. The van der Waals surface area contributed by atoms with Gasteiger partial charge < -0.3 is 24.3 Å². The van der Waals surface area contributed by atoms with Crippen LogP contribution in [0, 0.1) is 0 Å². The van der Waals surface area contributed by atoms with E-state index in [2.05, 4.69) is 5.32 Å². The summed E-state index contributed by atoms with van der Waals surface area (Å²) >= 11 is 0. The van der Waals surface area contributed by atoms with Gasteiger partial charge in [0.2, 0.25) is 0 Å². The molecule has 0 radical (unpaired) electrons. The Labute approximate surface area is 216 Å². The zero-order chi connectivity index (χ0) is 27.3. The van der Waals surface area contributed by atoms with Crippen LogP contribution >= 0.6 is 0 Å². The molecular weight excluding hydrogens is 480 g/mol. The summed E-state index contributed by atoms with van der Waals surface area (Å²) in [7, 11) is 0. The Morgan fingerprint density at radius 2 is 1.38 bits per heavy atom. The smallest absolute Gasteiger partial charge is 0.410 e. The quantitative estimate of drug-likeness (QED) is 0.355. The Morgan fingerprint density at radius 1 is 0.838 bits per heavy atom. The molecule has 0 saturated heterocycles. The standard InChI is InChI=1S/C27H34N2O8/c1-5-34-24(31)22(28-25(32)36-19-21-14-10-7-11-15-21)16-29(26(33)37-27(2,3)4)17-23(30)35-18-20-12-8-6-9-13-20/h6-15,22H,5,16-19H2,1-4H3,(H,28,32)/t22-/m1/s1. The van der Waals surface area contributed by atoms with Gasteiger partial charge in [-0.3, -0.25) is 9.69 Å². The minimum absolute atomic E-state index is 0.00714. The lowest BCUT2D eigenvalue weighted by atomic mass is 10.2. The molecule has 1 atom stereocenters. The molecule has 2 rings (SSSR count). The highest BCUT2D eigenvalue weighted by Crippen LogP contribution is 2.12. The third kappa shape index (κ3) is 11.5. The number of nitrogens with one attached hydrogen (secondary N) is 1. The van der Waals surface area contributed by atoms with Crippen LogP contribution < -0.4 is 5.32 Å². The predicted octanol–water partition coefficient (Wildman–Crippen LogP) is 3.83. The van der Waals surface area contributed by atoms with Crippen molar-refractivity contribution in [2.45, 2.75) is 52.6 Å². The van der Waals surface area contributed by atoms with Gasteiger partial charge in [-0.15, -0.1) is 0 Å². The average molecular weight is 515 g/mol. The number of carbonyl (C=O) groups excluding carboxylic acids is 4. The number of nitrogens with zero attached hydrogens (tertiary/aromatic N) is 1. The maximum atomic E-state index is 12.9. The van der Waals surface area contributed by atoms with Gasteiger partial charge in [-0.05, 0) is 38.8 Å². The summed E-state index contributed by atoms with van der Waals surface area (Å²) in [5, 5.41) is 2.41. The summed E-state index contributed by atoms with van der Waals surface area (Å²) in [6, 6.07) is 16.7. The average Bonchev–Trinajstić information content (AvgIpc) is 2.85. The molecule has 10 nitrogen and oxygen atoms in total. The second-order valence-electron chi connectivity index (χ2n) is 9.02. The Bertz CT molecular complexity index is 1020. The van der Waals surface area contributed by atoms with Crippen LogP contribution in [0.4, 0.5) is 9.59 Å². The van der Waals surface area contributed by atoms with Gasteiger partial charge in [-0.2, -0.15) is 0 Å². The van der Waals surface area contributed by atoms with Gasteiger partial charge in [0.1, 0.15) is 31.4 Å². The Kier molecular flexibility index (Phi) is 11.4. The first-order valence-electron chi connectivity index (χ1n) is 11.9. The van der Waals surface area contributed by atoms with E-state index in [4.69, 9.17) is 18.9 Å². The number of hydrogen-bond donors (Lipinski definition) is 1. The summed E-state index contributed by atoms with van der Waals surface area (Å²) in [5.74, 6) is -1.52. The Morgan fingerprint density at radius 3 is 1.89 bits per heavy atom. The zero-order valence-corrected chi connectivity index (χ0v) is 21.6. The van der Waals surface area contributed by atoms with Crippen LogP contribution in [-0.4, -0.2) is 60.4 Å². The molecule has 1 N–H and O–H groups in total. The van der Waals surface area contributed by atoms with E-state index in [9.17, 15) is 19.2 Å². The summed E-state index contributed by atoms with van der Waals surface area (Å²) in [6.45, 7) is 5.71. The topological polar surface area (TPSA) is 120 Å². The minimum atomic E-state index is -1.32. The van der Waals surface area contributed by atoms with Gasteiger partial charge in [0, 0.05) is 0 Å². The van der Waals surface area contributed by atoms with E-state index in [1.807, 2.05) is 24.3 Å². The van der Waals surface area contributed by atoms with Crippen molar-refractivity contribution in [1.82, 2.24) is 10.2 Å². The number of rotatable bonds is 11. The molecule has 2 amide bonds. The summed E-state index contributed by atoms with van der Waals surface area (Å²) in [6.07, 6.45) is -1.75. The van der Waals surface area contributed by atoms with Crippen LogP contribution in [-0.2, 0) is 41.8 Å². The van der Waals surface area contributed by atoms with Crippen LogP contribution in [0.5, 0.6) is 0 Å². The molecule has 200 valence electrons. The zero-order valence-electron chi connectivity index (χ0n) is 21.6. The molecule has 0 spiro atoms. The Balaban J connectivity index is 2.10. The number of alkyl carbamates (subject to hydrolysis) is 1. The fourth-order valence-corrected chi connectivity index (χ4v) is 3.02. The monoisotopic (exact) mass is 514 g/mol. The highest BCUT2D eigenvalue weighted by Gasteiger charge is 2.32. The van der Waals surface area contributed by atoms with Gasteiger partial charge >= 0.3 is 24.1 Å². The lowest BCUT2D eigenvalue weighted by molar-refractivity contribution is -0.149. The maximum absolute atomic E-state index is 12.9. The van der Waals surface area contributed by atoms with E-state index in [-0.39, 0.29) is 19.8 Å². The van der Waals surface area contributed by atoms with E-state index < -0.39 is 48.9 Å². The van der Waals surface area contributed by atoms with E-state index in [1.165, 1.54) is 0 Å². The van der Waals surface area contributed by atoms with E-state index in [0.717, 1.165) is 16.0 Å². The van der Waals surface area contributed by atoms with E-state index in [1.54, 1.807) is 64.1 Å². The fraction of sp³-hybridized carbons (Fsp3) is 0.407. The molecule has 0 unspecified atom stereocenters. The number of amides is 2. The molecule has 2 aromatic carbocycles. The number of hydrogen-bond acceptors (Lipinski definition) is 8. The normalized spacial score (nSPS) is 11.6. The first kappa shape index (κ1) is 29.2. The molecule has 10 heteroatoms. The van der Waals surface area contributed by atoms with Crippen LogP contribution in [0.3, 0.4) is 0 Å². The van der Waals surface area contributed by atoms with E-state index >= 15 is 0 Å². The summed E-state index contributed by atoms with van der Waals surface area (Å²) in [5.41, 5.74) is 0.652. The molecule has 0 aliphatic carbocycles. The number of carbonyl (C=O) groups is 4. The molecule has 0 aliphatic rings. The molecule has 0 fully saturated rings. The highest BCUT2D eigenvalue weighted by molar-refractivity contribution is 5.83. The minimum Gasteiger partial charge on any atom is -0.464 e. The first-order chi connectivity index (χ1) is 17.6. The van der Waals surface area contributed by atoms with Crippen molar-refractivity contribution < 1.29 is 38.1 Å². The van der Waals surface area contributed by atoms with Crippen molar-refractivity contribution in [3.63, 3.8) is 0 Å². The third-order valence-corrected chi connectivity index (χ3v) is 4.69. The highest BCUT2D eigenvalue weighted by atomic mass is 16.6. The molecule has 2 aromatic rings. The maximum Gasteiger partial charge on any atom is 0.410 e. The van der Waals surface area contributed by atoms with Crippen molar-refractivity contribution in [2.24, 2.45) is 0 Å². The van der Waals surface area contributed by atoms with Gasteiger partial charge in [0.15, 0.2) is 0 Å². The second-order valence-corrected chi connectivity index (χ2v) is 9.02. The Hall–Kier alpha value is -4.08. The van der Waals surface area contributed by atoms with Crippen LogP contribution in [0.2, 0.25) is 0 Å². The molecule has 37 heavy (non-hydrogen) atoms. The second kappa shape index (κ2) is 14.5. The van der Waals surface area contributed by atoms with Crippen molar-refractivity contribution in [3.05, 3.63) is 71.8 Å². The van der Waals surface area contributed by atoms with Crippen LogP contribution in [0.25, 0.3) is 0 Å². The first-order valence-corrected chi connectivity index (χ1v) is 11.9. The molecule has 0 aliphatic heterocycles. The number of esters is 2. The predicted molar refractivity (Wildman–Crippen MR) is 134 cm³/mol. The van der Waals surface area contributed by atoms with Crippen molar-refractivity contribution in [2.75, 3.05) is 19.7 Å². The van der Waals surface area contributed by atoms with Gasteiger partial charge in [0.05, 0.1) is 13.2 Å². The molecule has 0 aromatic heterocycles. The van der Waals surface area contributed by atoms with Gasteiger partial charge in [0.25, 0.3) is 0 Å². The molecule has 0 saturated carbocycles. The van der Waals surface area contributed by atoms with Crippen molar-refractivity contribution in [1.29, 1.82) is 0 Å². The molecule has 0 bridgehead atoms. The summed E-state index contributed by atoms with van der Waals surface area (Å²) < 4.78 is 20.9. The van der Waals surface area contributed by atoms with Crippen molar-refractivity contribution in [3.8, 4) is 0 Å². The molecular formula is C27H34N2O8. The van der Waals surface area contributed by atoms with Crippen LogP contribution in [0.15, 0.2) is 60.7 Å². The fourth-order valence-electron chi connectivity index (χ4n) is 3.02. The van der Waals surface area contributed by atoms with Gasteiger partial charge in [-0.1, -0.05) is 60.7 Å². The lowest BCUT2D eigenvalue weighted by Gasteiger charge is -2.29. The largest absolute Gasteiger partial charge is 0.464 e. The van der Waals surface area contributed by atoms with E-state index in [0.29, 0.717) is 0 Å².